The summed E-state index contributed by atoms with van der Waals surface area (Å²) in [6.07, 6.45) is 5.35. The van der Waals surface area contributed by atoms with E-state index in [4.69, 9.17) is 8.84 Å². The van der Waals surface area contributed by atoms with Crippen LogP contribution in [0.3, 0.4) is 0 Å². The van der Waals surface area contributed by atoms with E-state index in [2.05, 4.69) is 39.9 Å². The zero-order valence-electron chi connectivity index (χ0n) is 11.7. The lowest BCUT2D eigenvalue weighted by molar-refractivity contribution is 0.161. The molecule has 0 radical (unpaired) electrons. The molecule has 0 aliphatic heterocycles. The molecule has 1 aliphatic rings. The highest BCUT2D eigenvalue weighted by molar-refractivity contribution is 6.74. The zero-order chi connectivity index (χ0) is 12.7. The van der Waals surface area contributed by atoms with Crippen LogP contribution in [0.5, 0.6) is 0 Å². The topological polar surface area (TPSA) is 22.4 Å². The highest BCUT2D eigenvalue weighted by atomic mass is 28.4. The van der Waals surface area contributed by atoms with Gasteiger partial charge in [-0.25, -0.2) is 0 Å². The van der Waals surface area contributed by atoms with Crippen LogP contribution in [-0.4, -0.2) is 14.4 Å². The molecule has 0 saturated heterocycles. The number of rotatable bonds is 2. The van der Waals surface area contributed by atoms with Gasteiger partial charge in [0, 0.05) is 18.9 Å². The summed E-state index contributed by atoms with van der Waals surface area (Å²) in [6, 6.07) is 2.09. The number of hydrogen-bond donors (Lipinski definition) is 0. The third-order valence-corrected chi connectivity index (χ3v) is 8.78. The Morgan fingerprint density at radius 1 is 1.35 bits per heavy atom. The van der Waals surface area contributed by atoms with Crippen molar-refractivity contribution in [3.8, 4) is 0 Å². The SMILES string of the molecule is CC(C)(C)[Si](C)(C)O[C@H]1CCc2occc2C1. The normalized spacial score (nSPS) is 21.4. The Morgan fingerprint density at radius 2 is 2.06 bits per heavy atom. The molecule has 1 heterocycles. The maximum Gasteiger partial charge on any atom is 0.192 e. The molecule has 2 rings (SSSR count). The summed E-state index contributed by atoms with van der Waals surface area (Å²) in [7, 11) is -1.62. The van der Waals surface area contributed by atoms with Crippen molar-refractivity contribution >= 4 is 8.32 Å². The van der Waals surface area contributed by atoms with E-state index < -0.39 is 8.32 Å². The number of aryl methyl sites for hydroxylation is 1. The first-order valence-corrected chi connectivity index (χ1v) is 9.43. The highest BCUT2D eigenvalue weighted by Crippen LogP contribution is 2.39. The molecule has 1 aromatic rings. The fourth-order valence-corrected chi connectivity index (χ4v) is 3.49. The van der Waals surface area contributed by atoms with Crippen LogP contribution in [0.15, 0.2) is 16.7 Å². The van der Waals surface area contributed by atoms with Crippen molar-refractivity contribution in [3.05, 3.63) is 23.7 Å². The standard InChI is InChI=1S/C14H24O2Si/c1-14(2,3)17(4,5)16-12-6-7-13-11(10-12)8-9-15-13/h8-9,12H,6-7,10H2,1-5H3/t12-/m0/s1. The van der Waals surface area contributed by atoms with Crippen LogP contribution in [0.2, 0.25) is 18.1 Å². The third-order valence-electron chi connectivity index (χ3n) is 4.25. The fraction of sp³-hybridized carbons (Fsp3) is 0.714. The molecule has 1 aromatic heterocycles. The quantitative estimate of drug-likeness (QED) is 0.737. The smallest absolute Gasteiger partial charge is 0.192 e. The van der Waals surface area contributed by atoms with E-state index in [1.54, 1.807) is 6.26 Å². The van der Waals surface area contributed by atoms with Crippen molar-refractivity contribution in [3.63, 3.8) is 0 Å². The number of fused-ring (bicyclic) bond motifs is 1. The van der Waals surface area contributed by atoms with E-state index in [-0.39, 0.29) is 0 Å². The van der Waals surface area contributed by atoms with Gasteiger partial charge in [0.05, 0.1) is 6.26 Å². The van der Waals surface area contributed by atoms with Crippen molar-refractivity contribution in [2.24, 2.45) is 0 Å². The monoisotopic (exact) mass is 252 g/mol. The minimum absolute atomic E-state index is 0.295. The first-order chi connectivity index (χ1) is 7.79. The van der Waals surface area contributed by atoms with Crippen LogP contribution in [0.1, 0.15) is 38.5 Å². The lowest BCUT2D eigenvalue weighted by atomic mass is 9.96. The first-order valence-electron chi connectivity index (χ1n) is 6.53. The molecule has 1 atom stereocenters. The van der Waals surface area contributed by atoms with E-state index >= 15 is 0 Å². The zero-order valence-corrected chi connectivity index (χ0v) is 12.7. The molecule has 0 amide bonds. The van der Waals surface area contributed by atoms with Crippen molar-refractivity contribution in [2.75, 3.05) is 0 Å². The Kier molecular flexibility index (Phi) is 3.25. The largest absolute Gasteiger partial charge is 0.469 e. The molecule has 17 heavy (non-hydrogen) atoms. The van der Waals surface area contributed by atoms with Gasteiger partial charge < -0.3 is 8.84 Å². The van der Waals surface area contributed by atoms with E-state index in [0.717, 1.165) is 19.3 Å². The lowest BCUT2D eigenvalue weighted by Crippen LogP contribution is -2.45. The van der Waals surface area contributed by atoms with Gasteiger partial charge in [0.15, 0.2) is 8.32 Å². The van der Waals surface area contributed by atoms with Crippen LogP contribution in [0.4, 0.5) is 0 Å². The Labute approximate surface area is 105 Å². The van der Waals surface area contributed by atoms with Crippen LogP contribution in [0.25, 0.3) is 0 Å². The maximum atomic E-state index is 6.47. The molecular formula is C14H24O2Si. The Balaban J connectivity index is 2.03. The van der Waals surface area contributed by atoms with Gasteiger partial charge >= 0.3 is 0 Å². The molecule has 3 heteroatoms. The van der Waals surface area contributed by atoms with Gasteiger partial charge in [-0.1, -0.05) is 20.8 Å². The van der Waals surface area contributed by atoms with Gasteiger partial charge in [0.1, 0.15) is 5.76 Å². The van der Waals surface area contributed by atoms with Gasteiger partial charge in [-0.05, 0) is 36.2 Å². The third kappa shape index (κ3) is 2.66. The molecule has 1 aliphatic carbocycles. The number of hydrogen-bond acceptors (Lipinski definition) is 2. The summed E-state index contributed by atoms with van der Waals surface area (Å²) in [5.74, 6) is 1.17. The summed E-state index contributed by atoms with van der Waals surface area (Å²) in [5, 5.41) is 0.295. The van der Waals surface area contributed by atoms with E-state index in [9.17, 15) is 0 Å². The molecule has 0 spiro atoms. The van der Waals surface area contributed by atoms with Gasteiger partial charge in [0.2, 0.25) is 0 Å². The van der Waals surface area contributed by atoms with Crippen molar-refractivity contribution in [1.29, 1.82) is 0 Å². The van der Waals surface area contributed by atoms with E-state index in [1.807, 2.05) is 0 Å². The van der Waals surface area contributed by atoms with E-state index in [1.165, 1.54) is 11.3 Å². The van der Waals surface area contributed by atoms with Gasteiger partial charge in [-0.15, -0.1) is 0 Å². The van der Waals surface area contributed by atoms with Crippen LogP contribution in [-0.2, 0) is 17.3 Å². The van der Waals surface area contributed by atoms with Gasteiger partial charge in [-0.3, -0.25) is 0 Å². The predicted octanol–water partition coefficient (Wildman–Crippen LogP) is 4.16. The molecule has 2 nitrogen and oxygen atoms in total. The molecule has 0 fully saturated rings. The second kappa shape index (κ2) is 4.29. The van der Waals surface area contributed by atoms with Gasteiger partial charge in [-0.2, -0.15) is 0 Å². The molecule has 0 aromatic carbocycles. The van der Waals surface area contributed by atoms with E-state index in [0.29, 0.717) is 11.1 Å². The summed E-state index contributed by atoms with van der Waals surface area (Å²) in [6.45, 7) is 11.6. The summed E-state index contributed by atoms with van der Waals surface area (Å²) in [4.78, 5) is 0. The average molecular weight is 252 g/mol. The highest BCUT2D eigenvalue weighted by Gasteiger charge is 2.39. The molecule has 0 saturated carbocycles. The van der Waals surface area contributed by atoms with Crippen molar-refractivity contribution in [1.82, 2.24) is 0 Å². The van der Waals surface area contributed by atoms with Crippen LogP contribution < -0.4 is 0 Å². The number of furan rings is 1. The second-order valence-electron chi connectivity index (χ2n) is 6.61. The first kappa shape index (κ1) is 12.9. The Bertz CT molecular complexity index is 387. The van der Waals surface area contributed by atoms with Crippen molar-refractivity contribution < 1.29 is 8.84 Å². The molecule has 96 valence electrons. The Morgan fingerprint density at radius 3 is 2.71 bits per heavy atom. The lowest BCUT2D eigenvalue weighted by Gasteiger charge is -2.40. The second-order valence-corrected chi connectivity index (χ2v) is 11.4. The predicted molar refractivity (Wildman–Crippen MR) is 72.8 cm³/mol. The maximum absolute atomic E-state index is 6.47. The minimum Gasteiger partial charge on any atom is -0.469 e. The molecule has 0 N–H and O–H groups in total. The summed E-state index contributed by atoms with van der Waals surface area (Å²) >= 11 is 0. The molecule has 0 bridgehead atoms. The van der Waals surface area contributed by atoms with Crippen LogP contribution in [0, 0.1) is 0 Å². The Hall–Kier alpha value is -0.543. The van der Waals surface area contributed by atoms with Crippen LogP contribution >= 0.6 is 0 Å². The molecule has 0 unspecified atom stereocenters. The summed E-state index contributed by atoms with van der Waals surface area (Å²) < 4.78 is 11.9. The average Bonchev–Trinajstić information content (AvgIpc) is 2.62. The summed E-state index contributed by atoms with van der Waals surface area (Å²) in [5.41, 5.74) is 1.35. The van der Waals surface area contributed by atoms with Crippen molar-refractivity contribution in [2.45, 2.75) is 64.3 Å². The van der Waals surface area contributed by atoms with Gasteiger partial charge in [0.25, 0.3) is 0 Å². The minimum atomic E-state index is -1.62. The molecular weight excluding hydrogens is 228 g/mol. The fourth-order valence-electron chi connectivity index (χ4n) is 2.10.